The second kappa shape index (κ2) is 7.12. The van der Waals surface area contributed by atoms with Gasteiger partial charge in [-0.25, -0.2) is 34.4 Å². The minimum atomic E-state index is -1.06. The van der Waals surface area contributed by atoms with E-state index in [-0.39, 0.29) is 23.4 Å². The van der Waals surface area contributed by atoms with Crippen molar-refractivity contribution in [2.45, 2.75) is 46.1 Å². The smallest absolute Gasteiger partial charge is 0.336 e. The quantitative estimate of drug-likeness (QED) is 0.413. The summed E-state index contributed by atoms with van der Waals surface area (Å²) in [6.45, 7) is 6.36. The normalized spacial score (nSPS) is 24.3. The number of hydrogen-bond donors (Lipinski definition) is 4. The van der Waals surface area contributed by atoms with Gasteiger partial charge in [0.2, 0.25) is 6.08 Å². The maximum atomic E-state index is 12.0. The predicted octanol–water partition coefficient (Wildman–Crippen LogP) is -0.601. The topological polar surface area (TPSA) is 158 Å². The molecule has 0 aromatic carbocycles. The summed E-state index contributed by atoms with van der Waals surface area (Å²) in [6, 6.07) is -0.944. The summed E-state index contributed by atoms with van der Waals surface area (Å²) >= 11 is 0. The van der Waals surface area contributed by atoms with Crippen LogP contribution in [0.4, 0.5) is 4.79 Å². The zero-order chi connectivity index (χ0) is 19.5. The second-order valence-corrected chi connectivity index (χ2v) is 7.75. The van der Waals surface area contributed by atoms with Crippen molar-refractivity contribution in [2.75, 3.05) is 12.0 Å². The van der Waals surface area contributed by atoms with E-state index >= 15 is 0 Å². The van der Waals surface area contributed by atoms with Crippen LogP contribution in [0.15, 0.2) is 19.4 Å². The number of carbonyl (C=O) groups excluding carboxylic acids is 2. The predicted molar refractivity (Wildman–Crippen MR) is 92.4 cm³/mol. The third kappa shape index (κ3) is 4.79. The van der Waals surface area contributed by atoms with Crippen molar-refractivity contribution in [3.8, 4) is 0 Å². The standard InChI is InChI=1S/C15H22N6O5/c1-14(2)4-9(17-8-22)5-15(3,6-14)7-16-10(23)20-21-12(25)18-11(24)19-13(21)26/h9H,4-7H2,1-3H3,(H2,16,20,23)(H2,18,19,24,25,26). The van der Waals surface area contributed by atoms with Gasteiger partial charge in [-0.15, -0.1) is 4.68 Å². The number of rotatable bonds is 4. The highest BCUT2D eigenvalue weighted by Gasteiger charge is 2.41. The van der Waals surface area contributed by atoms with E-state index in [1.54, 1.807) is 6.08 Å². The first-order chi connectivity index (χ1) is 12.0. The van der Waals surface area contributed by atoms with Crippen molar-refractivity contribution < 1.29 is 9.59 Å². The van der Waals surface area contributed by atoms with Crippen LogP contribution >= 0.6 is 0 Å². The molecule has 1 aliphatic carbocycles. The summed E-state index contributed by atoms with van der Waals surface area (Å²) in [5.74, 6) is 0. The molecule has 1 aromatic rings. The molecule has 1 saturated carbocycles. The number of aromatic amines is 2. The molecule has 11 nitrogen and oxygen atoms in total. The third-order valence-corrected chi connectivity index (χ3v) is 4.39. The molecule has 2 atom stereocenters. The molecule has 0 bridgehead atoms. The lowest BCUT2D eigenvalue weighted by molar-refractivity contribution is 0.0854. The number of aliphatic imine (C=N–C) groups is 1. The number of aromatic nitrogens is 3. The molecule has 1 fully saturated rings. The molecule has 4 N–H and O–H groups in total. The SMILES string of the molecule is CC1(C)CC(N=C=O)CC(C)(CNC(=O)Nn2c(=O)[nH]c(=O)[nH]c2=O)C1. The van der Waals surface area contributed by atoms with Gasteiger partial charge >= 0.3 is 23.1 Å². The monoisotopic (exact) mass is 366 g/mol. The van der Waals surface area contributed by atoms with Crippen LogP contribution in [0.5, 0.6) is 0 Å². The van der Waals surface area contributed by atoms with Crippen LogP contribution in [-0.2, 0) is 4.79 Å². The van der Waals surface area contributed by atoms with Crippen LogP contribution in [0.2, 0.25) is 0 Å². The van der Waals surface area contributed by atoms with Crippen LogP contribution in [0, 0.1) is 10.8 Å². The number of isocyanates is 1. The van der Waals surface area contributed by atoms with Gasteiger partial charge in [-0.1, -0.05) is 20.8 Å². The van der Waals surface area contributed by atoms with E-state index < -0.39 is 23.1 Å². The minimum Gasteiger partial charge on any atom is -0.336 e. The van der Waals surface area contributed by atoms with E-state index in [1.165, 1.54) is 0 Å². The number of nitrogens with zero attached hydrogens (tertiary/aromatic N) is 2. The van der Waals surface area contributed by atoms with Crippen molar-refractivity contribution >= 4 is 12.1 Å². The zero-order valence-electron chi connectivity index (χ0n) is 14.8. The number of carbonyl (C=O) groups is 1. The lowest BCUT2D eigenvalue weighted by Crippen LogP contribution is -2.52. The Morgan fingerprint density at radius 3 is 2.42 bits per heavy atom. The molecule has 2 rings (SSSR count). The van der Waals surface area contributed by atoms with Gasteiger partial charge in [0.1, 0.15) is 0 Å². The Hall–Kier alpha value is -2.94. The Morgan fingerprint density at radius 1 is 1.23 bits per heavy atom. The summed E-state index contributed by atoms with van der Waals surface area (Å²) in [5.41, 5.74) is -1.39. The van der Waals surface area contributed by atoms with Crippen LogP contribution < -0.4 is 27.8 Å². The molecule has 0 saturated heterocycles. The fourth-order valence-corrected chi connectivity index (χ4v) is 3.84. The second-order valence-electron chi connectivity index (χ2n) is 7.75. The van der Waals surface area contributed by atoms with E-state index in [0.717, 1.165) is 12.8 Å². The Bertz CT molecular complexity index is 872. The maximum absolute atomic E-state index is 12.0. The Labute approximate surface area is 147 Å². The number of H-pyrrole nitrogens is 2. The molecule has 1 aromatic heterocycles. The van der Waals surface area contributed by atoms with Crippen molar-refractivity contribution in [2.24, 2.45) is 15.8 Å². The van der Waals surface area contributed by atoms with Crippen molar-refractivity contribution in [1.29, 1.82) is 0 Å². The summed E-state index contributed by atoms with van der Waals surface area (Å²) in [5, 5.41) is 2.62. The summed E-state index contributed by atoms with van der Waals surface area (Å²) < 4.78 is 0.364. The molecule has 0 spiro atoms. The van der Waals surface area contributed by atoms with Gasteiger partial charge in [-0.05, 0) is 30.1 Å². The van der Waals surface area contributed by atoms with Gasteiger partial charge in [-0.3, -0.25) is 9.97 Å². The first-order valence-corrected chi connectivity index (χ1v) is 8.11. The van der Waals surface area contributed by atoms with E-state index in [9.17, 15) is 24.0 Å². The molecule has 0 radical (unpaired) electrons. The van der Waals surface area contributed by atoms with Gasteiger partial charge in [0.25, 0.3) is 0 Å². The van der Waals surface area contributed by atoms with Gasteiger partial charge in [0.15, 0.2) is 0 Å². The first kappa shape index (κ1) is 19.4. The van der Waals surface area contributed by atoms with Crippen LogP contribution in [0.3, 0.4) is 0 Å². The van der Waals surface area contributed by atoms with E-state index in [1.807, 2.05) is 16.9 Å². The van der Waals surface area contributed by atoms with Crippen LogP contribution in [-0.4, -0.2) is 39.3 Å². The third-order valence-electron chi connectivity index (χ3n) is 4.39. The maximum Gasteiger partial charge on any atom is 0.353 e. The van der Waals surface area contributed by atoms with Crippen molar-refractivity contribution in [3.05, 3.63) is 31.5 Å². The molecule has 142 valence electrons. The Kier molecular flexibility index (Phi) is 5.31. The molecule has 0 aliphatic heterocycles. The van der Waals surface area contributed by atoms with Crippen molar-refractivity contribution in [1.82, 2.24) is 20.0 Å². The molecule has 1 aliphatic rings. The summed E-state index contributed by atoms with van der Waals surface area (Å²) in [6.07, 6.45) is 3.75. The van der Waals surface area contributed by atoms with Crippen LogP contribution in [0.25, 0.3) is 0 Å². The fraction of sp³-hybridized carbons (Fsp3) is 0.667. The van der Waals surface area contributed by atoms with E-state index in [2.05, 4.69) is 29.6 Å². The average Bonchev–Trinajstić information content (AvgIpc) is 2.47. The van der Waals surface area contributed by atoms with Crippen LogP contribution in [0.1, 0.15) is 40.0 Å². The zero-order valence-corrected chi connectivity index (χ0v) is 14.8. The molecule has 2 unspecified atom stereocenters. The van der Waals surface area contributed by atoms with Gasteiger partial charge in [0.05, 0.1) is 6.04 Å². The number of amides is 2. The summed E-state index contributed by atoms with van der Waals surface area (Å²) in [7, 11) is 0. The molecule has 11 heteroatoms. The average molecular weight is 366 g/mol. The molecule has 2 amide bonds. The van der Waals surface area contributed by atoms with E-state index in [0.29, 0.717) is 11.1 Å². The molecular weight excluding hydrogens is 344 g/mol. The van der Waals surface area contributed by atoms with Crippen molar-refractivity contribution in [3.63, 3.8) is 0 Å². The lowest BCUT2D eigenvalue weighted by atomic mass is 9.63. The van der Waals surface area contributed by atoms with Gasteiger partial charge in [-0.2, -0.15) is 0 Å². The first-order valence-electron chi connectivity index (χ1n) is 8.11. The highest BCUT2D eigenvalue weighted by Crippen LogP contribution is 2.46. The number of nitrogens with one attached hydrogen (secondary N) is 4. The van der Waals surface area contributed by atoms with Gasteiger partial charge < -0.3 is 5.32 Å². The lowest BCUT2D eigenvalue weighted by Gasteiger charge is -2.45. The Balaban J connectivity index is 2.06. The highest BCUT2D eigenvalue weighted by atomic mass is 16.2. The highest BCUT2D eigenvalue weighted by molar-refractivity contribution is 5.81. The van der Waals surface area contributed by atoms with E-state index in [4.69, 9.17) is 0 Å². The molecule has 26 heavy (non-hydrogen) atoms. The Morgan fingerprint density at radius 2 is 1.85 bits per heavy atom. The van der Waals surface area contributed by atoms with Gasteiger partial charge in [0, 0.05) is 6.54 Å². The number of urea groups is 1. The minimum absolute atomic E-state index is 0.0663. The molecular formula is C15H22N6O5. The fourth-order valence-electron chi connectivity index (χ4n) is 3.84. The largest absolute Gasteiger partial charge is 0.353 e. The summed E-state index contributed by atoms with van der Waals surface area (Å²) in [4.78, 5) is 64.2. The number of hydrogen-bond acceptors (Lipinski definition) is 6. The molecule has 1 heterocycles.